The van der Waals surface area contributed by atoms with Crippen LogP contribution < -0.4 is 5.73 Å². The maximum Gasteiger partial charge on any atom is 0.329 e. The molecule has 18 heavy (non-hydrogen) atoms. The highest BCUT2D eigenvalue weighted by Gasteiger charge is 2.49. The van der Waals surface area contributed by atoms with Gasteiger partial charge in [-0.3, -0.25) is 5.41 Å². The molecule has 0 aromatic heterocycles. The summed E-state index contributed by atoms with van der Waals surface area (Å²) in [6.45, 7) is -0.551. The van der Waals surface area contributed by atoms with E-state index in [1.54, 1.807) is 0 Å². The quantitative estimate of drug-likeness (QED) is 0.228. The normalized spacial score (nSPS) is 33.1. The molecule has 9 nitrogen and oxygen atoms in total. The highest BCUT2D eigenvalue weighted by atomic mass is 16.6. The van der Waals surface area contributed by atoms with Crippen molar-refractivity contribution in [2.45, 2.75) is 30.5 Å². The third-order valence-electron chi connectivity index (χ3n) is 2.94. The Labute approximate surface area is 103 Å². The summed E-state index contributed by atoms with van der Waals surface area (Å²) in [5.41, 5.74) is 5.19. The van der Waals surface area contributed by atoms with Crippen LogP contribution in [0.2, 0.25) is 0 Å². The number of aliphatic hydroxyl groups is 3. The monoisotopic (exact) mass is 263 g/mol. The number of hydrogen-bond donors (Lipinski definition) is 6. The number of carboxylic acid groups (broad SMARTS) is 1. The molecular weight excluding hydrogens is 246 g/mol. The van der Waals surface area contributed by atoms with E-state index in [1.165, 1.54) is 7.05 Å². The lowest BCUT2D eigenvalue weighted by Crippen LogP contribution is -2.55. The number of hydrogen-bond acceptors (Lipinski definition) is 6. The molecule has 0 bridgehead atoms. The van der Waals surface area contributed by atoms with Crippen LogP contribution >= 0.6 is 0 Å². The standard InChI is InChI=1S/C9H17N3O6/c1-12(9(10)11)4(8(16)17)7-6(15)5(14)3(2-13)18-7/h3-7,13-15H,2H2,1H3,(H3,10,11)(H,16,17)/t3-,4?,5-,6-,7?/m1/s1. The van der Waals surface area contributed by atoms with Gasteiger partial charge in [0.25, 0.3) is 0 Å². The molecule has 5 atom stereocenters. The minimum Gasteiger partial charge on any atom is -0.480 e. The number of rotatable bonds is 4. The number of carboxylic acids is 1. The van der Waals surface area contributed by atoms with Crippen LogP contribution in [0.1, 0.15) is 0 Å². The van der Waals surface area contributed by atoms with E-state index in [2.05, 4.69) is 0 Å². The number of aliphatic carboxylic acids is 1. The summed E-state index contributed by atoms with van der Waals surface area (Å²) in [7, 11) is 1.26. The Hall–Kier alpha value is -1.42. The van der Waals surface area contributed by atoms with E-state index in [4.69, 9.17) is 26.1 Å². The van der Waals surface area contributed by atoms with Crippen molar-refractivity contribution in [1.82, 2.24) is 4.90 Å². The maximum absolute atomic E-state index is 11.2. The van der Waals surface area contributed by atoms with Crippen molar-refractivity contribution >= 4 is 11.9 Å². The summed E-state index contributed by atoms with van der Waals surface area (Å²) in [5.74, 6) is -1.87. The molecule has 7 N–H and O–H groups in total. The van der Waals surface area contributed by atoms with Crippen molar-refractivity contribution < 1.29 is 30.0 Å². The van der Waals surface area contributed by atoms with E-state index in [1.807, 2.05) is 0 Å². The van der Waals surface area contributed by atoms with Gasteiger partial charge in [-0.05, 0) is 0 Å². The number of nitrogens with zero attached hydrogens (tertiary/aromatic N) is 1. The van der Waals surface area contributed by atoms with Crippen molar-refractivity contribution in [3.63, 3.8) is 0 Å². The second kappa shape index (κ2) is 5.48. The van der Waals surface area contributed by atoms with Crippen LogP contribution in [-0.4, -0.2) is 81.4 Å². The first-order valence-electron chi connectivity index (χ1n) is 5.23. The SMILES string of the molecule is CN(C(=N)N)C(C(=O)O)C1O[C@H](CO)[C@@H](O)[C@H]1O. The molecule has 1 fully saturated rings. The topological polar surface area (TPSA) is 160 Å². The zero-order valence-corrected chi connectivity index (χ0v) is 9.72. The Balaban J connectivity index is 2.94. The highest BCUT2D eigenvalue weighted by molar-refractivity contribution is 5.83. The fourth-order valence-corrected chi connectivity index (χ4v) is 1.87. The molecule has 1 aliphatic rings. The van der Waals surface area contributed by atoms with Gasteiger partial charge in [0, 0.05) is 7.05 Å². The minimum atomic E-state index is -1.48. The molecule has 0 radical (unpaired) electrons. The first kappa shape index (κ1) is 14.6. The Morgan fingerprint density at radius 1 is 1.50 bits per heavy atom. The molecule has 0 spiro atoms. The number of carbonyl (C=O) groups is 1. The van der Waals surface area contributed by atoms with Crippen LogP contribution in [-0.2, 0) is 9.53 Å². The Bertz CT molecular complexity index is 338. The molecule has 1 aliphatic heterocycles. The van der Waals surface area contributed by atoms with Gasteiger partial charge in [-0.2, -0.15) is 0 Å². The Morgan fingerprint density at radius 2 is 2.06 bits per heavy atom. The van der Waals surface area contributed by atoms with Gasteiger partial charge in [-0.1, -0.05) is 0 Å². The summed E-state index contributed by atoms with van der Waals surface area (Å²) < 4.78 is 5.11. The summed E-state index contributed by atoms with van der Waals surface area (Å²) in [6.07, 6.45) is -5.22. The number of guanidine groups is 1. The van der Waals surface area contributed by atoms with Crippen LogP contribution in [0.4, 0.5) is 0 Å². The number of aliphatic hydroxyl groups excluding tert-OH is 3. The average Bonchev–Trinajstić information content (AvgIpc) is 2.56. The van der Waals surface area contributed by atoms with E-state index in [0.29, 0.717) is 0 Å². The molecule has 1 rings (SSSR count). The van der Waals surface area contributed by atoms with E-state index < -0.39 is 49.0 Å². The molecule has 9 heteroatoms. The smallest absolute Gasteiger partial charge is 0.329 e. The zero-order chi connectivity index (χ0) is 14.0. The highest BCUT2D eigenvalue weighted by Crippen LogP contribution is 2.25. The lowest BCUT2D eigenvalue weighted by molar-refractivity contribution is -0.149. The molecule has 0 saturated carbocycles. The molecule has 2 unspecified atom stereocenters. The van der Waals surface area contributed by atoms with E-state index >= 15 is 0 Å². The van der Waals surface area contributed by atoms with Crippen LogP contribution in [0.15, 0.2) is 0 Å². The van der Waals surface area contributed by atoms with Gasteiger partial charge in [0.05, 0.1) is 6.61 Å². The Morgan fingerprint density at radius 3 is 2.39 bits per heavy atom. The number of nitrogens with one attached hydrogen (secondary N) is 1. The second-order valence-electron chi connectivity index (χ2n) is 4.08. The molecule has 1 saturated heterocycles. The lowest BCUT2D eigenvalue weighted by atomic mass is 10.0. The van der Waals surface area contributed by atoms with Crippen molar-refractivity contribution in [3.05, 3.63) is 0 Å². The zero-order valence-electron chi connectivity index (χ0n) is 9.72. The summed E-state index contributed by atoms with van der Waals surface area (Å²) >= 11 is 0. The lowest BCUT2D eigenvalue weighted by Gasteiger charge is -2.30. The van der Waals surface area contributed by atoms with Gasteiger partial charge < -0.3 is 35.8 Å². The van der Waals surface area contributed by atoms with Crippen molar-refractivity contribution in [1.29, 1.82) is 5.41 Å². The van der Waals surface area contributed by atoms with Gasteiger partial charge in [-0.25, -0.2) is 4.79 Å². The van der Waals surface area contributed by atoms with E-state index in [9.17, 15) is 15.0 Å². The van der Waals surface area contributed by atoms with E-state index in [0.717, 1.165) is 4.90 Å². The molecule has 0 amide bonds. The van der Waals surface area contributed by atoms with Gasteiger partial charge in [0.15, 0.2) is 12.0 Å². The van der Waals surface area contributed by atoms with E-state index in [-0.39, 0.29) is 0 Å². The summed E-state index contributed by atoms with van der Waals surface area (Å²) in [5, 5.41) is 44.5. The number of nitrogens with two attached hydrogens (primary N) is 1. The minimum absolute atomic E-state index is 0.514. The van der Waals surface area contributed by atoms with Crippen molar-refractivity contribution in [2.75, 3.05) is 13.7 Å². The number of ether oxygens (including phenoxy) is 1. The fourth-order valence-electron chi connectivity index (χ4n) is 1.87. The van der Waals surface area contributed by atoms with Crippen LogP contribution in [0, 0.1) is 5.41 Å². The molecule has 0 aliphatic carbocycles. The molecule has 0 aromatic carbocycles. The molecule has 0 aromatic rings. The first-order valence-corrected chi connectivity index (χ1v) is 5.23. The van der Waals surface area contributed by atoms with Gasteiger partial charge in [-0.15, -0.1) is 0 Å². The maximum atomic E-state index is 11.2. The van der Waals surface area contributed by atoms with Crippen molar-refractivity contribution in [2.24, 2.45) is 5.73 Å². The third-order valence-corrected chi connectivity index (χ3v) is 2.94. The number of likely N-dealkylation sites (N-methyl/N-ethyl adjacent to an activating group) is 1. The summed E-state index contributed by atoms with van der Waals surface area (Å²) in [6, 6.07) is -1.43. The third kappa shape index (κ3) is 2.53. The van der Waals surface area contributed by atoms with Gasteiger partial charge >= 0.3 is 5.97 Å². The van der Waals surface area contributed by atoms with Gasteiger partial charge in [0.1, 0.15) is 24.4 Å². The van der Waals surface area contributed by atoms with Crippen LogP contribution in [0.25, 0.3) is 0 Å². The molecular formula is C9H17N3O6. The van der Waals surface area contributed by atoms with Crippen molar-refractivity contribution in [3.8, 4) is 0 Å². The molecule has 104 valence electrons. The first-order chi connectivity index (χ1) is 8.31. The predicted molar refractivity (Wildman–Crippen MR) is 58.9 cm³/mol. The predicted octanol–water partition coefficient (Wildman–Crippen LogP) is -3.25. The molecule has 1 heterocycles. The fraction of sp³-hybridized carbons (Fsp3) is 0.778. The largest absolute Gasteiger partial charge is 0.480 e. The van der Waals surface area contributed by atoms with Crippen LogP contribution in [0.3, 0.4) is 0 Å². The van der Waals surface area contributed by atoms with Crippen LogP contribution in [0.5, 0.6) is 0 Å². The average molecular weight is 263 g/mol. The second-order valence-corrected chi connectivity index (χ2v) is 4.08. The van der Waals surface area contributed by atoms with Gasteiger partial charge in [0.2, 0.25) is 0 Å². The summed E-state index contributed by atoms with van der Waals surface area (Å²) in [4.78, 5) is 12.1. The Kier molecular flexibility index (Phi) is 4.46.